The number of hydrogen-bond acceptors (Lipinski definition) is 8. The van der Waals surface area contributed by atoms with Crippen LogP contribution in [-0.4, -0.2) is 59.1 Å². The maximum atomic E-state index is 13.7. The fourth-order valence-corrected chi connectivity index (χ4v) is 2.74. The van der Waals surface area contributed by atoms with E-state index in [-0.39, 0.29) is 11.9 Å². The summed E-state index contributed by atoms with van der Waals surface area (Å²) in [5.74, 6) is 0.304. The van der Waals surface area contributed by atoms with Crippen molar-refractivity contribution in [2.24, 2.45) is 0 Å². The van der Waals surface area contributed by atoms with E-state index in [1.807, 2.05) is 4.90 Å². The Labute approximate surface area is 154 Å². The van der Waals surface area contributed by atoms with Crippen LogP contribution in [0, 0.1) is 5.82 Å². The topological polar surface area (TPSA) is 88.1 Å². The highest BCUT2D eigenvalue weighted by Gasteiger charge is 2.22. The first kappa shape index (κ1) is 18.9. The minimum Gasteiger partial charge on any atom is -0.481 e. The number of halogens is 3. The van der Waals surface area contributed by atoms with E-state index in [1.54, 1.807) is 12.3 Å². The van der Waals surface area contributed by atoms with Gasteiger partial charge in [-0.3, -0.25) is 0 Å². The van der Waals surface area contributed by atoms with E-state index in [9.17, 15) is 13.2 Å². The molecule has 0 aliphatic carbocycles. The molecule has 0 bridgehead atoms. The Balaban J connectivity index is 1.57. The summed E-state index contributed by atoms with van der Waals surface area (Å²) in [6.07, 6.45) is 1.54. The molecule has 0 unspecified atom stereocenters. The number of anilines is 3. The maximum Gasteiger partial charge on any atom is 0.255 e. The number of rotatable bonds is 7. The molecule has 3 rings (SSSR count). The van der Waals surface area contributed by atoms with Crippen molar-refractivity contribution in [1.82, 2.24) is 19.9 Å². The van der Waals surface area contributed by atoms with Crippen LogP contribution in [0.25, 0.3) is 0 Å². The van der Waals surface area contributed by atoms with E-state index < -0.39 is 18.8 Å². The second kappa shape index (κ2) is 8.69. The number of nitrogens with one attached hydrogen (secondary N) is 2. The van der Waals surface area contributed by atoms with Gasteiger partial charge in [-0.05, 0) is 12.8 Å². The number of piperidine rings is 1. The van der Waals surface area contributed by atoms with Crippen LogP contribution in [0.2, 0.25) is 0 Å². The van der Waals surface area contributed by atoms with Gasteiger partial charge < -0.3 is 20.3 Å². The summed E-state index contributed by atoms with van der Waals surface area (Å²) in [4.78, 5) is 18.3. The maximum absolute atomic E-state index is 13.7. The Morgan fingerprint density at radius 2 is 2.04 bits per heavy atom. The Hall–Kier alpha value is -2.85. The number of aromatic nitrogens is 4. The standard InChI is InChI=1S/C16H20F3N7O/c1-27-13-2-5-20-15(24-13)23-10-3-6-26(7-4-10)16-22-8-11(17)14(25-16)21-9-12(18)19/h2,5,8,10,12H,3-4,6-7,9H2,1H3,(H,20,23,24)(H,21,22,25). The lowest BCUT2D eigenvalue weighted by Crippen LogP contribution is -2.40. The molecule has 2 aromatic heterocycles. The molecule has 27 heavy (non-hydrogen) atoms. The number of alkyl halides is 2. The van der Waals surface area contributed by atoms with Crippen molar-refractivity contribution in [3.63, 3.8) is 0 Å². The van der Waals surface area contributed by atoms with Crippen molar-refractivity contribution in [1.29, 1.82) is 0 Å². The van der Waals surface area contributed by atoms with Crippen LogP contribution in [-0.2, 0) is 0 Å². The monoisotopic (exact) mass is 383 g/mol. The smallest absolute Gasteiger partial charge is 0.255 e. The van der Waals surface area contributed by atoms with Crippen LogP contribution >= 0.6 is 0 Å². The molecule has 0 radical (unpaired) electrons. The zero-order valence-electron chi connectivity index (χ0n) is 14.7. The first-order valence-corrected chi connectivity index (χ1v) is 8.48. The highest BCUT2D eigenvalue weighted by Crippen LogP contribution is 2.21. The summed E-state index contributed by atoms with van der Waals surface area (Å²) in [7, 11) is 1.54. The molecule has 1 saturated heterocycles. The number of ether oxygens (including phenoxy) is 1. The third-order valence-corrected chi connectivity index (χ3v) is 4.11. The molecular weight excluding hydrogens is 363 g/mol. The summed E-state index contributed by atoms with van der Waals surface area (Å²) < 4.78 is 43.4. The van der Waals surface area contributed by atoms with E-state index in [1.165, 1.54) is 7.11 Å². The second-order valence-electron chi connectivity index (χ2n) is 5.97. The summed E-state index contributed by atoms with van der Waals surface area (Å²) in [5, 5.41) is 5.56. The Morgan fingerprint density at radius 1 is 1.26 bits per heavy atom. The first-order chi connectivity index (χ1) is 13.0. The average molecular weight is 383 g/mol. The minimum atomic E-state index is -2.59. The average Bonchev–Trinajstić information content (AvgIpc) is 2.68. The Bertz CT molecular complexity index is 757. The van der Waals surface area contributed by atoms with E-state index in [0.29, 0.717) is 30.9 Å². The molecule has 2 N–H and O–H groups in total. The fourth-order valence-electron chi connectivity index (χ4n) is 2.74. The molecule has 1 fully saturated rings. The SMILES string of the molecule is COc1ccnc(NC2CCN(c3ncc(F)c(NCC(F)F)n3)CC2)n1. The van der Waals surface area contributed by atoms with E-state index in [0.717, 1.165) is 19.0 Å². The van der Waals surface area contributed by atoms with Crippen molar-refractivity contribution in [3.05, 3.63) is 24.3 Å². The molecule has 11 heteroatoms. The molecule has 146 valence electrons. The van der Waals surface area contributed by atoms with Gasteiger partial charge in [0.2, 0.25) is 17.8 Å². The normalized spacial score (nSPS) is 15.1. The molecule has 1 aliphatic rings. The van der Waals surface area contributed by atoms with Gasteiger partial charge in [-0.15, -0.1) is 0 Å². The van der Waals surface area contributed by atoms with Gasteiger partial charge >= 0.3 is 0 Å². The molecule has 0 spiro atoms. The van der Waals surface area contributed by atoms with Gasteiger partial charge in [0.15, 0.2) is 11.6 Å². The van der Waals surface area contributed by atoms with Crippen LogP contribution in [0.4, 0.5) is 30.9 Å². The lowest BCUT2D eigenvalue weighted by Gasteiger charge is -2.32. The van der Waals surface area contributed by atoms with Crippen LogP contribution in [0.3, 0.4) is 0 Å². The van der Waals surface area contributed by atoms with Gasteiger partial charge in [0.1, 0.15) is 0 Å². The van der Waals surface area contributed by atoms with Gasteiger partial charge in [-0.2, -0.15) is 9.97 Å². The molecule has 0 saturated carbocycles. The molecule has 2 aromatic rings. The van der Waals surface area contributed by atoms with E-state index in [4.69, 9.17) is 4.74 Å². The number of nitrogens with zero attached hydrogens (tertiary/aromatic N) is 5. The van der Waals surface area contributed by atoms with Gasteiger partial charge in [0.25, 0.3) is 6.43 Å². The number of methoxy groups -OCH3 is 1. The fraction of sp³-hybridized carbons (Fsp3) is 0.500. The number of hydrogen-bond donors (Lipinski definition) is 2. The molecule has 0 amide bonds. The molecular formula is C16H20F3N7O. The zero-order chi connectivity index (χ0) is 19.2. The first-order valence-electron chi connectivity index (χ1n) is 8.48. The summed E-state index contributed by atoms with van der Waals surface area (Å²) >= 11 is 0. The van der Waals surface area contributed by atoms with Gasteiger partial charge in [-0.25, -0.2) is 23.1 Å². The lowest BCUT2D eigenvalue weighted by molar-refractivity contribution is 0.163. The van der Waals surface area contributed by atoms with Crippen molar-refractivity contribution in [2.45, 2.75) is 25.3 Å². The van der Waals surface area contributed by atoms with Crippen molar-refractivity contribution in [3.8, 4) is 5.88 Å². The quantitative estimate of drug-likeness (QED) is 0.752. The minimum absolute atomic E-state index is 0.158. The van der Waals surface area contributed by atoms with E-state index in [2.05, 4.69) is 30.6 Å². The highest BCUT2D eigenvalue weighted by atomic mass is 19.3. The van der Waals surface area contributed by atoms with Crippen LogP contribution in [0.1, 0.15) is 12.8 Å². The van der Waals surface area contributed by atoms with Crippen LogP contribution < -0.4 is 20.3 Å². The van der Waals surface area contributed by atoms with Gasteiger partial charge in [-0.1, -0.05) is 0 Å². The summed E-state index contributed by atoms with van der Waals surface area (Å²) in [6.45, 7) is 0.586. The molecule has 3 heterocycles. The lowest BCUT2D eigenvalue weighted by atomic mass is 10.1. The van der Waals surface area contributed by atoms with E-state index >= 15 is 0 Å². The molecule has 8 nitrogen and oxygen atoms in total. The highest BCUT2D eigenvalue weighted by molar-refractivity contribution is 5.43. The van der Waals surface area contributed by atoms with Crippen LogP contribution in [0.15, 0.2) is 18.5 Å². The largest absolute Gasteiger partial charge is 0.481 e. The predicted molar refractivity (Wildman–Crippen MR) is 93.9 cm³/mol. The Kier molecular flexibility index (Phi) is 6.09. The molecule has 0 atom stereocenters. The van der Waals surface area contributed by atoms with Crippen molar-refractivity contribution >= 4 is 17.7 Å². The van der Waals surface area contributed by atoms with Crippen molar-refractivity contribution < 1.29 is 17.9 Å². The predicted octanol–water partition coefficient (Wildman–Crippen LogP) is 2.17. The van der Waals surface area contributed by atoms with Crippen molar-refractivity contribution in [2.75, 3.05) is 42.3 Å². The van der Waals surface area contributed by atoms with Gasteiger partial charge in [0.05, 0.1) is 19.9 Å². The van der Waals surface area contributed by atoms with Gasteiger partial charge in [0, 0.05) is 31.4 Å². The summed E-state index contributed by atoms with van der Waals surface area (Å²) in [5.41, 5.74) is 0. The Morgan fingerprint density at radius 3 is 2.74 bits per heavy atom. The third kappa shape index (κ3) is 5.08. The zero-order valence-corrected chi connectivity index (χ0v) is 14.7. The third-order valence-electron chi connectivity index (χ3n) is 4.11. The molecule has 1 aliphatic heterocycles. The van der Waals surface area contributed by atoms with Crippen LogP contribution in [0.5, 0.6) is 5.88 Å². The molecule has 0 aromatic carbocycles. The second-order valence-corrected chi connectivity index (χ2v) is 5.97. The summed E-state index contributed by atoms with van der Waals surface area (Å²) in [6, 6.07) is 1.82.